The maximum Gasteiger partial charge on any atom is 0.185 e. The lowest BCUT2D eigenvalue weighted by molar-refractivity contribution is -0.236. The van der Waals surface area contributed by atoms with Crippen LogP contribution in [-0.4, -0.2) is 37.8 Å². The van der Waals surface area contributed by atoms with E-state index >= 15 is 0 Å². The Morgan fingerprint density at radius 3 is 2.39 bits per heavy atom. The van der Waals surface area contributed by atoms with E-state index < -0.39 is 18.5 Å². The van der Waals surface area contributed by atoms with Gasteiger partial charge in [0, 0.05) is 27.2 Å². The summed E-state index contributed by atoms with van der Waals surface area (Å²) in [6, 6.07) is 9.70. The zero-order valence-corrected chi connectivity index (χ0v) is 11.1. The first-order chi connectivity index (χ1) is 9.01. The lowest BCUT2D eigenvalue weighted by atomic mass is 10.0. The smallest absolute Gasteiger partial charge is 0.185 e. The molecule has 0 fully saturated rings. The van der Waals surface area contributed by atoms with E-state index in [1.165, 1.54) is 14.2 Å². The number of aliphatic hydroxyl groups is 1. The molecule has 2 atom stereocenters. The molecular formula is C14H22O4. The zero-order valence-electron chi connectivity index (χ0n) is 12.1. The third-order valence-corrected chi connectivity index (χ3v) is 2.83. The molecule has 0 bridgehead atoms. The van der Waals surface area contributed by atoms with Crippen LogP contribution in [0.3, 0.4) is 0 Å². The highest BCUT2D eigenvalue weighted by Gasteiger charge is 2.35. The lowest BCUT2D eigenvalue weighted by Crippen LogP contribution is -2.45. The van der Waals surface area contributed by atoms with E-state index in [0.29, 0.717) is 6.61 Å². The first-order valence-corrected chi connectivity index (χ1v) is 5.85. The van der Waals surface area contributed by atoms with Crippen LogP contribution < -0.4 is 0 Å². The van der Waals surface area contributed by atoms with Crippen LogP contribution in [0.25, 0.3) is 0 Å². The van der Waals surface area contributed by atoms with Crippen LogP contribution in [0.5, 0.6) is 0 Å². The molecule has 0 aromatic heterocycles. The second kappa shape index (κ2) is 7.48. The molecule has 0 aliphatic heterocycles. The molecule has 0 radical (unpaired) electrons. The number of aliphatic hydroxyl groups excluding tert-OH is 1. The van der Waals surface area contributed by atoms with E-state index in [-0.39, 0.29) is 6.42 Å². The van der Waals surface area contributed by atoms with Crippen molar-refractivity contribution < 1.29 is 20.7 Å². The van der Waals surface area contributed by atoms with Gasteiger partial charge in [-0.25, -0.2) is 0 Å². The summed E-state index contributed by atoms with van der Waals surface area (Å²) in [5.41, 5.74) is 0.125. The average Bonchev–Trinajstić information content (AvgIpc) is 2.38. The van der Waals surface area contributed by atoms with Crippen LogP contribution in [0.4, 0.5) is 0 Å². The standard InChI is InChI=1S/C14H22O4/c1-14(9-10-15,13(16-2)17-3)18-11-12-7-5-4-6-8-12/h4-8,13,15H,9-11H2,1-3H3/t14-/m1/s1/i10D/t10?,14-. The van der Waals surface area contributed by atoms with Gasteiger partial charge in [-0.05, 0) is 12.5 Å². The van der Waals surface area contributed by atoms with Gasteiger partial charge in [-0.15, -0.1) is 0 Å². The van der Waals surface area contributed by atoms with Gasteiger partial charge in [0.25, 0.3) is 0 Å². The number of methoxy groups -OCH3 is 2. The molecule has 0 aliphatic rings. The quantitative estimate of drug-likeness (QED) is 0.721. The van der Waals surface area contributed by atoms with Gasteiger partial charge in [0.15, 0.2) is 6.29 Å². The summed E-state index contributed by atoms with van der Waals surface area (Å²) in [4.78, 5) is 0. The van der Waals surface area contributed by atoms with E-state index in [1.807, 2.05) is 30.3 Å². The van der Waals surface area contributed by atoms with Gasteiger partial charge in [-0.1, -0.05) is 30.3 Å². The molecule has 4 heteroatoms. The van der Waals surface area contributed by atoms with Crippen molar-refractivity contribution in [3.63, 3.8) is 0 Å². The van der Waals surface area contributed by atoms with Crippen LogP contribution >= 0.6 is 0 Å². The first-order valence-electron chi connectivity index (χ1n) is 6.43. The molecule has 1 rings (SSSR count). The minimum absolute atomic E-state index is 0.103. The van der Waals surface area contributed by atoms with Crippen molar-refractivity contribution in [3.05, 3.63) is 35.9 Å². The monoisotopic (exact) mass is 255 g/mol. The topological polar surface area (TPSA) is 47.9 Å². The normalized spacial score (nSPS) is 17.3. The van der Waals surface area contributed by atoms with Gasteiger partial charge in [0.2, 0.25) is 0 Å². The molecule has 0 heterocycles. The zero-order chi connectivity index (χ0) is 14.3. The van der Waals surface area contributed by atoms with Crippen molar-refractivity contribution >= 4 is 0 Å². The minimum Gasteiger partial charge on any atom is -0.396 e. The highest BCUT2D eigenvalue weighted by Crippen LogP contribution is 2.24. The Morgan fingerprint density at radius 1 is 1.28 bits per heavy atom. The van der Waals surface area contributed by atoms with Crippen molar-refractivity contribution in [2.45, 2.75) is 31.8 Å². The molecule has 1 N–H and O–H groups in total. The van der Waals surface area contributed by atoms with Crippen LogP contribution in [0.2, 0.25) is 0 Å². The third-order valence-electron chi connectivity index (χ3n) is 2.83. The second-order valence-electron chi connectivity index (χ2n) is 4.28. The van der Waals surface area contributed by atoms with Gasteiger partial charge in [0.1, 0.15) is 5.60 Å². The molecule has 0 saturated carbocycles. The van der Waals surface area contributed by atoms with E-state index in [2.05, 4.69) is 0 Å². The van der Waals surface area contributed by atoms with Crippen LogP contribution in [-0.2, 0) is 20.8 Å². The van der Waals surface area contributed by atoms with Gasteiger partial charge >= 0.3 is 0 Å². The minimum atomic E-state index is -1.24. The molecule has 0 saturated heterocycles. The Kier molecular flexibility index (Phi) is 5.61. The van der Waals surface area contributed by atoms with Crippen LogP contribution in [0.1, 0.15) is 20.3 Å². The summed E-state index contributed by atoms with van der Waals surface area (Å²) in [6.45, 7) is 0.895. The maximum absolute atomic E-state index is 9.30. The number of hydrogen-bond donors (Lipinski definition) is 1. The van der Waals surface area contributed by atoms with Crippen molar-refractivity contribution in [3.8, 4) is 0 Å². The molecular weight excluding hydrogens is 232 g/mol. The Bertz CT molecular complexity index is 354. The summed E-state index contributed by atoms with van der Waals surface area (Å²) in [6.07, 6.45) is -0.539. The third kappa shape index (κ3) is 4.07. The highest BCUT2D eigenvalue weighted by molar-refractivity contribution is 5.13. The number of rotatable bonds is 8. The summed E-state index contributed by atoms with van der Waals surface area (Å²) >= 11 is 0. The Labute approximate surface area is 110 Å². The van der Waals surface area contributed by atoms with E-state index in [0.717, 1.165) is 5.56 Å². The van der Waals surface area contributed by atoms with Crippen molar-refractivity contribution in [2.75, 3.05) is 20.8 Å². The summed E-state index contributed by atoms with van der Waals surface area (Å²) in [7, 11) is 3.02. The average molecular weight is 255 g/mol. The van der Waals surface area contributed by atoms with Gasteiger partial charge in [-0.2, -0.15) is 0 Å². The molecule has 102 valence electrons. The fourth-order valence-electron chi connectivity index (χ4n) is 1.82. The SMILES string of the molecule is [2H]C(O)C[C@@](C)(OCc1ccccc1)C(OC)OC. The van der Waals surface area contributed by atoms with E-state index in [9.17, 15) is 5.11 Å². The molecule has 0 spiro atoms. The molecule has 1 unspecified atom stereocenters. The molecule has 1 aromatic carbocycles. The Balaban J connectivity index is 2.73. The van der Waals surface area contributed by atoms with E-state index in [1.54, 1.807) is 6.92 Å². The summed E-state index contributed by atoms with van der Waals surface area (Å²) < 4.78 is 23.6. The van der Waals surface area contributed by atoms with Crippen molar-refractivity contribution in [2.24, 2.45) is 0 Å². The predicted octanol–water partition coefficient (Wildman–Crippen LogP) is 1.96. The molecule has 4 nitrogen and oxygen atoms in total. The molecule has 0 amide bonds. The molecule has 0 aliphatic carbocycles. The first kappa shape index (κ1) is 13.5. The largest absolute Gasteiger partial charge is 0.396 e. The fourth-order valence-corrected chi connectivity index (χ4v) is 1.82. The summed E-state index contributed by atoms with van der Waals surface area (Å²) in [5.74, 6) is 0. The number of ether oxygens (including phenoxy) is 3. The number of hydrogen-bond acceptors (Lipinski definition) is 4. The van der Waals surface area contributed by atoms with Crippen molar-refractivity contribution in [1.29, 1.82) is 0 Å². The maximum atomic E-state index is 9.30. The van der Waals surface area contributed by atoms with E-state index in [4.69, 9.17) is 15.6 Å². The Hall–Kier alpha value is -0.940. The number of benzene rings is 1. The second-order valence-corrected chi connectivity index (χ2v) is 4.28. The molecule has 1 aromatic rings. The lowest BCUT2D eigenvalue weighted by Gasteiger charge is -2.35. The summed E-state index contributed by atoms with van der Waals surface area (Å²) in [5, 5.41) is 9.30. The van der Waals surface area contributed by atoms with Crippen LogP contribution in [0.15, 0.2) is 30.3 Å². The Morgan fingerprint density at radius 2 is 1.89 bits per heavy atom. The van der Waals surface area contributed by atoms with Gasteiger partial charge < -0.3 is 19.3 Å². The predicted molar refractivity (Wildman–Crippen MR) is 69.1 cm³/mol. The molecule has 18 heavy (non-hydrogen) atoms. The fraction of sp³-hybridized carbons (Fsp3) is 0.571. The van der Waals surface area contributed by atoms with Gasteiger partial charge in [-0.3, -0.25) is 0 Å². The highest BCUT2D eigenvalue weighted by atomic mass is 16.7. The van der Waals surface area contributed by atoms with Crippen molar-refractivity contribution in [1.82, 2.24) is 0 Å². The van der Waals surface area contributed by atoms with Crippen LogP contribution in [0, 0.1) is 0 Å². The van der Waals surface area contributed by atoms with Gasteiger partial charge in [0.05, 0.1) is 7.98 Å².